The summed E-state index contributed by atoms with van der Waals surface area (Å²) >= 11 is 0. The number of rotatable bonds is 6. The van der Waals surface area contributed by atoms with E-state index in [1.807, 2.05) is 49.1 Å². The number of carbonyl (C=O) groups is 1. The molecule has 0 radical (unpaired) electrons. The van der Waals surface area contributed by atoms with Gasteiger partial charge in [0, 0.05) is 36.6 Å². The molecule has 1 saturated carbocycles. The largest absolute Gasteiger partial charge is 0.387 e. The summed E-state index contributed by atoms with van der Waals surface area (Å²) in [6.45, 7) is 5.17. The molecule has 2 aliphatic rings. The number of nitrogens with zero attached hydrogens (tertiary/aromatic N) is 3. The molecular formula is C27H37N3O3. The zero-order valence-electron chi connectivity index (χ0n) is 20.0. The van der Waals surface area contributed by atoms with Crippen LogP contribution in [-0.4, -0.2) is 44.2 Å². The Hall–Kier alpha value is -2.47. The third-order valence-electron chi connectivity index (χ3n) is 7.87. The van der Waals surface area contributed by atoms with Crippen molar-refractivity contribution in [3.05, 3.63) is 53.1 Å². The quantitative estimate of drug-likeness (QED) is 0.712. The van der Waals surface area contributed by atoms with E-state index in [2.05, 4.69) is 4.98 Å². The van der Waals surface area contributed by atoms with Gasteiger partial charge >= 0.3 is 0 Å². The summed E-state index contributed by atoms with van der Waals surface area (Å²) < 4.78 is 1.49. The lowest BCUT2D eigenvalue weighted by atomic mass is 9.69. The first-order valence-corrected chi connectivity index (χ1v) is 12.4. The second kappa shape index (κ2) is 9.80. The highest BCUT2D eigenvalue weighted by Crippen LogP contribution is 2.40. The molecule has 1 N–H and O–H groups in total. The van der Waals surface area contributed by atoms with Crippen LogP contribution in [0.4, 0.5) is 0 Å². The monoisotopic (exact) mass is 451 g/mol. The van der Waals surface area contributed by atoms with Gasteiger partial charge in [-0.15, -0.1) is 0 Å². The lowest BCUT2D eigenvalue weighted by Gasteiger charge is -2.50. The fourth-order valence-electron chi connectivity index (χ4n) is 5.42. The molecule has 1 aromatic carbocycles. The third-order valence-corrected chi connectivity index (χ3v) is 7.87. The predicted octanol–water partition coefficient (Wildman–Crippen LogP) is 4.26. The van der Waals surface area contributed by atoms with Crippen molar-refractivity contribution in [2.24, 2.45) is 11.3 Å². The predicted molar refractivity (Wildman–Crippen MR) is 130 cm³/mol. The van der Waals surface area contributed by atoms with Crippen LogP contribution in [0.1, 0.15) is 65.2 Å². The molecule has 178 valence electrons. The third kappa shape index (κ3) is 5.37. The molecule has 6 nitrogen and oxygen atoms in total. The number of hydrogen-bond donors (Lipinski definition) is 1. The average Bonchev–Trinajstić information content (AvgIpc) is 2.82. The molecule has 6 heteroatoms. The summed E-state index contributed by atoms with van der Waals surface area (Å²) in [5.74, 6) is 0.886. The molecular weight excluding hydrogens is 414 g/mol. The molecule has 2 aromatic rings. The van der Waals surface area contributed by atoms with Gasteiger partial charge < -0.3 is 10.0 Å². The zero-order valence-corrected chi connectivity index (χ0v) is 20.0. The highest BCUT2D eigenvalue weighted by atomic mass is 16.3. The fraction of sp³-hybridized carbons (Fsp3) is 0.593. The Balaban J connectivity index is 1.40. The van der Waals surface area contributed by atoms with Gasteiger partial charge in [0.2, 0.25) is 5.91 Å². The Morgan fingerprint density at radius 2 is 1.88 bits per heavy atom. The summed E-state index contributed by atoms with van der Waals surface area (Å²) in [6, 6.07) is 11.1. The fourth-order valence-corrected chi connectivity index (χ4v) is 5.42. The van der Waals surface area contributed by atoms with E-state index >= 15 is 0 Å². The minimum absolute atomic E-state index is 0.172. The molecule has 1 aliphatic carbocycles. The number of amides is 1. The first-order chi connectivity index (χ1) is 15.8. The van der Waals surface area contributed by atoms with Crippen molar-refractivity contribution in [3.8, 4) is 11.3 Å². The number of piperidine rings is 1. The van der Waals surface area contributed by atoms with E-state index in [9.17, 15) is 14.7 Å². The molecule has 33 heavy (non-hydrogen) atoms. The highest BCUT2D eigenvalue weighted by molar-refractivity contribution is 5.76. The van der Waals surface area contributed by atoms with Gasteiger partial charge in [0.1, 0.15) is 0 Å². The van der Waals surface area contributed by atoms with E-state index in [-0.39, 0.29) is 18.0 Å². The normalized spacial score (nSPS) is 23.4. The van der Waals surface area contributed by atoms with Crippen molar-refractivity contribution in [2.45, 2.75) is 77.4 Å². The van der Waals surface area contributed by atoms with Gasteiger partial charge in [-0.2, -0.15) is 0 Å². The second-order valence-electron chi connectivity index (χ2n) is 10.6. The molecule has 0 spiro atoms. The Morgan fingerprint density at radius 3 is 2.55 bits per heavy atom. The van der Waals surface area contributed by atoms with Crippen molar-refractivity contribution in [1.82, 2.24) is 14.5 Å². The first kappa shape index (κ1) is 23.7. The van der Waals surface area contributed by atoms with E-state index in [1.54, 1.807) is 0 Å². The molecule has 1 saturated heterocycles. The molecule has 1 unspecified atom stereocenters. The van der Waals surface area contributed by atoms with Crippen LogP contribution in [0.5, 0.6) is 0 Å². The molecule has 2 fully saturated rings. The van der Waals surface area contributed by atoms with E-state index in [0.717, 1.165) is 12.0 Å². The number of carbonyl (C=O) groups excluding carboxylic acids is 1. The summed E-state index contributed by atoms with van der Waals surface area (Å²) in [6.07, 6.45) is 9.98. The van der Waals surface area contributed by atoms with E-state index in [0.29, 0.717) is 37.5 Å². The maximum absolute atomic E-state index is 12.9. The number of hydrogen-bond acceptors (Lipinski definition) is 4. The van der Waals surface area contributed by atoms with Crippen molar-refractivity contribution in [1.29, 1.82) is 0 Å². The van der Waals surface area contributed by atoms with Crippen LogP contribution in [0, 0.1) is 11.3 Å². The van der Waals surface area contributed by atoms with Crippen molar-refractivity contribution >= 4 is 5.91 Å². The molecule has 1 aliphatic heterocycles. The summed E-state index contributed by atoms with van der Waals surface area (Å²) in [5.41, 5.74) is -0.294. The SMILES string of the molecule is CC1(C)CN(C(=O)CCC2CCCCC2)CCC1(O)Cn1cnc(-c2ccccc2)cc1=O. The molecule has 1 aromatic heterocycles. The van der Waals surface area contributed by atoms with Gasteiger partial charge in [-0.25, -0.2) is 4.98 Å². The Labute approximate surface area is 196 Å². The zero-order chi connectivity index (χ0) is 23.5. The Bertz CT molecular complexity index is 1010. The standard InChI is InChI=1S/C27H37N3O3/c1-26(2)18-29(24(31)14-13-21-9-5-3-6-10-21)16-15-27(26,33)19-30-20-28-23(17-25(30)32)22-11-7-4-8-12-22/h4,7-8,11-12,17,20-21,33H,3,5-6,9-10,13-16,18-19H2,1-2H3. The Morgan fingerprint density at radius 1 is 1.15 bits per heavy atom. The number of likely N-dealkylation sites (tertiary alicyclic amines) is 1. The first-order valence-electron chi connectivity index (χ1n) is 12.4. The molecule has 1 atom stereocenters. The lowest BCUT2D eigenvalue weighted by Crippen LogP contribution is -2.60. The molecule has 2 heterocycles. The van der Waals surface area contributed by atoms with Gasteiger partial charge in [-0.1, -0.05) is 76.3 Å². The van der Waals surface area contributed by atoms with Crippen LogP contribution in [0.3, 0.4) is 0 Å². The maximum atomic E-state index is 12.9. The van der Waals surface area contributed by atoms with Gasteiger partial charge in [0.25, 0.3) is 5.56 Å². The minimum Gasteiger partial charge on any atom is -0.387 e. The van der Waals surface area contributed by atoms with Crippen LogP contribution in [0.25, 0.3) is 11.3 Å². The van der Waals surface area contributed by atoms with Gasteiger partial charge in [0.15, 0.2) is 0 Å². The van der Waals surface area contributed by atoms with Gasteiger partial charge in [0.05, 0.1) is 24.2 Å². The molecule has 0 bridgehead atoms. The van der Waals surface area contributed by atoms with Crippen LogP contribution >= 0.6 is 0 Å². The maximum Gasteiger partial charge on any atom is 0.253 e. The van der Waals surface area contributed by atoms with Crippen molar-refractivity contribution in [2.75, 3.05) is 13.1 Å². The Kier molecular flexibility index (Phi) is 7.03. The second-order valence-corrected chi connectivity index (χ2v) is 10.6. The molecule has 4 rings (SSSR count). The van der Waals surface area contributed by atoms with Crippen molar-refractivity contribution in [3.63, 3.8) is 0 Å². The van der Waals surface area contributed by atoms with Gasteiger partial charge in [-0.05, 0) is 18.8 Å². The van der Waals surface area contributed by atoms with Crippen molar-refractivity contribution < 1.29 is 9.90 Å². The number of aliphatic hydroxyl groups is 1. The molecule has 1 amide bonds. The summed E-state index contributed by atoms with van der Waals surface area (Å²) in [5, 5.41) is 11.6. The van der Waals surface area contributed by atoms with E-state index in [4.69, 9.17) is 0 Å². The smallest absolute Gasteiger partial charge is 0.253 e. The summed E-state index contributed by atoms with van der Waals surface area (Å²) in [7, 11) is 0. The number of aromatic nitrogens is 2. The van der Waals surface area contributed by atoms with Gasteiger partial charge in [-0.3, -0.25) is 14.2 Å². The van der Waals surface area contributed by atoms with Crippen LogP contribution < -0.4 is 5.56 Å². The summed E-state index contributed by atoms with van der Waals surface area (Å²) in [4.78, 5) is 32.1. The van der Waals surface area contributed by atoms with E-state index < -0.39 is 11.0 Å². The lowest BCUT2D eigenvalue weighted by molar-refractivity contribution is -0.154. The highest BCUT2D eigenvalue weighted by Gasteiger charge is 2.48. The number of benzene rings is 1. The van der Waals surface area contributed by atoms with Crippen LogP contribution in [0.15, 0.2) is 47.5 Å². The topological polar surface area (TPSA) is 75.4 Å². The average molecular weight is 452 g/mol. The minimum atomic E-state index is -1.09. The van der Waals surface area contributed by atoms with E-state index in [1.165, 1.54) is 49.1 Å². The van der Waals surface area contributed by atoms with Crippen LogP contribution in [0.2, 0.25) is 0 Å². The van der Waals surface area contributed by atoms with Crippen LogP contribution in [-0.2, 0) is 11.3 Å².